The Morgan fingerprint density at radius 3 is 2.71 bits per heavy atom. The van der Waals surface area contributed by atoms with Crippen molar-refractivity contribution in [2.24, 2.45) is 5.92 Å². The first-order valence-corrected chi connectivity index (χ1v) is 4.55. The second kappa shape index (κ2) is 3.33. The second-order valence-corrected chi connectivity index (χ2v) is 3.90. The molecule has 76 valence electrons. The Kier molecular flexibility index (Phi) is 2.52. The van der Waals surface area contributed by atoms with Crippen LogP contribution < -0.4 is 5.32 Å². The van der Waals surface area contributed by atoms with E-state index >= 15 is 0 Å². The summed E-state index contributed by atoms with van der Waals surface area (Å²) in [4.78, 5) is 13.0. The van der Waals surface area contributed by atoms with E-state index in [-0.39, 0.29) is 24.3 Å². The maximum absolute atomic E-state index is 11.5. The van der Waals surface area contributed by atoms with Gasteiger partial charge in [0, 0.05) is 0 Å². The first kappa shape index (κ1) is 10.6. The highest BCUT2D eigenvalue weighted by atomic mass is 16.2. The average molecular weight is 193 g/mol. The lowest BCUT2D eigenvalue weighted by Crippen LogP contribution is -2.51. The molecule has 0 aromatic carbocycles. The van der Waals surface area contributed by atoms with E-state index in [1.807, 2.05) is 20.8 Å². The quantitative estimate of drug-likeness (QED) is 0.632. The maximum Gasteiger partial charge on any atom is 0.324 e. The molecular formula is C10H15N3O. The number of carbonyl (C=O) groups is 1. The molecule has 0 aliphatic carbocycles. The van der Waals surface area contributed by atoms with Gasteiger partial charge in [-0.25, -0.2) is 4.79 Å². The monoisotopic (exact) mass is 193 g/mol. The van der Waals surface area contributed by atoms with E-state index in [0.29, 0.717) is 0 Å². The summed E-state index contributed by atoms with van der Waals surface area (Å²) in [5.74, 6) is 2.82. The summed E-state index contributed by atoms with van der Waals surface area (Å²) in [6.07, 6.45) is 5.20. The molecule has 1 fully saturated rings. The molecule has 1 aliphatic rings. The van der Waals surface area contributed by atoms with E-state index in [4.69, 9.17) is 11.8 Å². The van der Waals surface area contributed by atoms with Crippen molar-refractivity contribution in [3.05, 3.63) is 0 Å². The molecule has 0 aromatic heterocycles. The van der Waals surface area contributed by atoms with E-state index < -0.39 is 5.54 Å². The minimum atomic E-state index is -0.594. The van der Waals surface area contributed by atoms with Crippen molar-refractivity contribution in [1.82, 2.24) is 10.2 Å². The lowest BCUT2D eigenvalue weighted by atomic mass is 9.87. The van der Waals surface area contributed by atoms with Crippen molar-refractivity contribution in [3.63, 3.8) is 0 Å². The number of amidine groups is 1. The van der Waals surface area contributed by atoms with Crippen LogP contribution in [0.5, 0.6) is 0 Å². The Hall–Kier alpha value is -1.50. The van der Waals surface area contributed by atoms with Crippen LogP contribution in [0.4, 0.5) is 4.79 Å². The third-order valence-corrected chi connectivity index (χ3v) is 2.92. The number of urea groups is 1. The molecule has 0 radical (unpaired) electrons. The van der Waals surface area contributed by atoms with Crippen LogP contribution in [0.25, 0.3) is 0 Å². The van der Waals surface area contributed by atoms with Crippen LogP contribution in [0.2, 0.25) is 0 Å². The Bertz CT molecular complexity index is 316. The van der Waals surface area contributed by atoms with Crippen LogP contribution in [-0.2, 0) is 0 Å². The van der Waals surface area contributed by atoms with Gasteiger partial charge in [-0.3, -0.25) is 10.7 Å². The van der Waals surface area contributed by atoms with Gasteiger partial charge in [-0.05, 0) is 12.8 Å². The zero-order valence-electron chi connectivity index (χ0n) is 8.72. The molecule has 1 aliphatic heterocycles. The lowest BCUT2D eigenvalue weighted by molar-refractivity contribution is 0.166. The number of rotatable bonds is 2. The summed E-state index contributed by atoms with van der Waals surface area (Å²) in [7, 11) is 0. The molecule has 14 heavy (non-hydrogen) atoms. The molecule has 1 heterocycles. The third-order valence-electron chi connectivity index (χ3n) is 2.92. The molecule has 1 saturated heterocycles. The number of nitrogens with one attached hydrogen (secondary N) is 2. The second-order valence-electron chi connectivity index (χ2n) is 3.90. The maximum atomic E-state index is 11.5. The van der Waals surface area contributed by atoms with Crippen molar-refractivity contribution in [2.45, 2.75) is 26.3 Å². The van der Waals surface area contributed by atoms with E-state index in [9.17, 15) is 4.79 Å². The zero-order chi connectivity index (χ0) is 10.9. The average Bonchev–Trinajstić information content (AvgIpc) is 2.31. The van der Waals surface area contributed by atoms with Crippen molar-refractivity contribution in [3.8, 4) is 12.3 Å². The van der Waals surface area contributed by atoms with Gasteiger partial charge in [-0.15, -0.1) is 6.42 Å². The summed E-state index contributed by atoms with van der Waals surface area (Å²) >= 11 is 0. The van der Waals surface area contributed by atoms with Gasteiger partial charge in [0.2, 0.25) is 0 Å². The van der Waals surface area contributed by atoms with Gasteiger partial charge in [0.05, 0.1) is 6.54 Å². The smallest absolute Gasteiger partial charge is 0.301 e. The number of amides is 2. The third kappa shape index (κ3) is 1.25. The van der Waals surface area contributed by atoms with Gasteiger partial charge in [-0.2, -0.15) is 0 Å². The fourth-order valence-electron chi connectivity index (χ4n) is 1.57. The standard InChI is InChI=1S/C10H15N3O/c1-5-6-13-9(14)12-8(11)10(13,4)7(2)3/h1,7H,6H2,2-4H3,(H2,11,12,14). The predicted octanol–water partition coefficient (Wildman–Crippen LogP) is 1.04. The molecule has 1 rings (SSSR count). The van der Waals surface area contributed by atoms with Gasteiger partial charge in [-0.1, -0.05) is 19.8 Å². The minimum Gasteiger partial charge on any atom is -0.301 e. The number of nitrogens with zero attached hydrogens (tertiary/aromatic N) is 1. The molecule has 2 amide bonds. The summed E-state index contributed by atoms with van der Waals surface area (Å²) in [6.45, 7) is 6.04. The number of hydrogen-bond acceptors (Lipinski definition) is 2. The van der Waals surface area contributed by atoms with E-state index in [1.54, 1.807) is 0 Å². The van der Waals surface area contributed by atoms with Crippen LogP contribution in [0.3, 0.4) is 0 Å². The summed E-state index contributed by atoms with van der Waals surface area (Å²) in [5, 5.41) is 10.2. The molecular weight excluding hydrogens is 178 g/mol. The Balaban J connectivity index is 3.07. The van der Waals surface area contributed by atoms with Crippen molar-refractivity contribution < 1.29 is 4.79 Å². The van der Waals surface area contributed by atoms with Crippen LogP contribution >= 0.6 is 0 Å². The zero-order valence-corrected chi connectivity index (χ0v) is 8.72. The Morgan fingerprint density at radius 2 is 2.29 bits per heavy atom. The van der Waals surface area contributed by atoms with E-state index in [1.165, 1.54) is 4.90 Å². The fraction of sp³-hybridized carbons (Fsp3) is 0.600. The van der Waals surface area contributed by atoms with Gasteiger partial charge >= 0.3 is 6.03 Å². The molecule has 2 N–H and O–H groups in total. The molecule has 4 nitrogen and oxygen atoms in total. The highest BCUT2D eigenvalue weighted by molar-refractivity contribution is 6.08. The molecule has 0 bridgehead atoms. The SMILES string of the molecule is C#CCN1C(=O)NC(=N)C1(C)C(C)C. The summed E-state index contributed by atoms with van der Waals surface area (Å²) < 4.78 is 0. The van der Waals surface area contributed by atoms with Gasteiger partial charge in [0.1, 0.15) is 11.4 Å². The molecule has 4 heteroatoms. The first-order chi connectivity index (χ1) is 6.44. The molecule has 0 spiro atoms. The number of terminal acetylenes is 1. The molecule has 1 unspecified atom stereocenters. The van der Waals surface area contributed by atoms with E-state index in [0.717, 1.165) is 0 Å². The van der Waals surface area contributed by atoms with Crippen molar-refractivity contribution in [1.29, 1.82) is 5.41 Å². The Labute approximate surface area is 84.2 Å². The summed E-state index contributed by atoms with van der Waals surface area (Å²) in [6, 6.07) is -0.274. The van der Waals surface area contributed by atoms with Crippen LogP contribution in [0.1, 0.15) is 20.8 Å². The number of carbonyl (C=O) groups excluding carboxylic acids is 1. The van der Waals surface area contributed by atoms with Gasteiger partial charge in [0.25, 0.3) is 0 Å². The van der Waals surface area contributed by atoms with E-state index in [2.05, 4.69) is 11.2 Å². The van der Waals surface area contributed by atoms with Gasteiger partial charge < -0.3 is 4.90 Å². The van der Waals surface area contributed by atoms with Crippen LogP contribution in [0.15, 0.2) is 0 Å². The van der Waals surface area contributed by atoms with Crippen molar-refractivity contribution in [2.75, 3.05) is 6.54 Å². The summed E-state index contributed by atoms with van der Waals surface area (Å²) in [5.41, 5.74) is -0.594. The highest BCUT2D eigenvalue weighted by Gasteiger charge is 2.48. The topological polar surface area (TPSA) is 56.2 Å². The van der Waals surface area contributed by atoms with Crippen molar-refractivity contribution >= 4 is 11.9 Å². The fourth-order valence-corrected chi connectivity index (χ4v) is 1.57. The largest absolute Gasteiger partial charge is 0.324 e. The molecule has 0 saturated carbocycles. The number of hydrogen-bond donors (Lipinski definition) is 2. The highest BCUT2D eigenvalue weighted by Crippen LogP contribution is 2.29. The lowest BCUT2D eigenvalue weighted by Gasteiger charge is -2.35. The molecule has 1 atom stereocenters. The minimum absolute atomic E-state index is 0.155. The van der Waals surface area contributed by atoms with Crippen LogP contribution in [0, 0.1) is 23.7 Å². The normalized spacial score (nSPS) is 26.6. The predicted molar refractivity (Wildman–Crippen MR) is 55.0 cm³/mol. The van der Waals surface area contributed by atoms with Gasteiger partial charge in [0.15, 0.2) is 0 Å². The Morgan fingerprint density at radius 1 is 1.71 bits per heavy atom. The first-order valence-electron chi connectivity index (χ1n) is 4.55. The van der Waals surface area contributed by atoms with Crippen LogP contribution in [-0.4, -0.2) is 28.9 Å². The molecule has 0 aromatic rings.